The zero-order chi connectivity index (χ0) is 12.4. The van der Waals surface area contributed by atoms with Crippen molar-refractivity contribution < 1.29 is 19.8 Å². The van der Waals surface area contributed by atoms with Gasteiger partial charge in [0.1, 0.15) is 0 Å². The second-order valence-corrected chi connectivity index (χ2v) is 3.73. The van der Waals surface area contributed by atoms with Crippen molar-refractivity contribution in [3.05, 3.63) is 12.2 Å². The maximum Gasteiger partial charge on any atom is 0.328 e. The Balaban J connectivity index is 0.000000281. The molecule has 0 atom stereocenters. The van der Waals surface area contributed by atoms with Gasteiger partial charge in [0.25, 0.3) is 0 Å². The lowest BCUT2D eigenvalue weighted by atomic mass is 10.2. The van der Waals surface area contributed by atoms with Crippen LogP contribution in [-0.4, -0.2) is 47.2 Å². The lowest BCUT2D eigenvalue weighted by Crippen LogP contribution is -2.18. The molecule has 1 saturated heterocycles. The smallest absolute Gasteiger partial charge is 0.328 e. The van der Waals surface area contributed by atoms with E-state index < -0.39 is 11.9 Å². The molecule has 1 heterocycles. The van der Waals surface area contributed by atoms with Gasteiger partial charge >= 0.3 is 11.9 Å². The number of aliphatic carboxylic acids is 2. The number of likely N-dealkylation sites (tertiary alicyclic amines) is 1. The standard InChI is InChI=1S/C7H15N.C4H4O4/c1-8-6-4-2-3-5-7-8;5-3(6)1-2-4(7)8/h2-7H2,1H3;1-2H,(H,5,6)(H,7,8)/b;2-1+. The van der Waals surface area contributed by atoms with E-state index in [0.29, 0.717) is 12.2 Å². The zero-order valence-electron chi connectivity index (χ0n) is 9.56. The SMILES string of the molecule is CN1CCCCCC1.O=C(O)/C=C/C(=O)O. The summed E-state index contributed by atoms with van der Waals surface area (Å²) in [7, 11) is 2.21. The molecule has 16 heavy (non-hydrogen) atoms. The van der Waals surface area contributed by atoms with Gasteiger partial charge in [-0.15, -0.1) is 0 Å². The molecule has 92 valence electrons. The topological polar surface area (TPSA) is 77.8 Å². The van der Waals surface area contributed by atoms with Gasteiger partial charge in [-0.3, -0.25) is 0 Å². The van der Waals surface area contributed by atoms with Crippen LogP contribution in [0.25, 0.3) is 0 Å². The Morgan fingerprint density at radius 2 is 1.31 bits per heavy atom. The van der Waals surface area contributed by atoms with Crippen LogP contribution in [0.4, 0.5) is 0 Å². The van der Waals surface area contributed by atoms with Crippen LogP contribution in [0.15, 0.2) is 12.2 Å². The molecule has 1 rings (SSSR count). The number of carboxylic acids is 2. The number of hydrogen-bond donors (Lipinski definition) is 2. The van der Waals surface area contributed by atoms with Crippen LogP contribution in [0.5, 0.6) is 0 Å². The first-order valence-electron chi connectivity index (χ1n) is 5.35. The molecule has 0 bridgehead atoms. The number of rotatable bonds is 2. The molecule has 0 aromatic carbocycles. The van der Waals surface area contributed by atoms with Crippen molar-refractivity contribution in [2.24, 2.45) is 0 Å². The molecule has 1 aliphatic rings. The third-order valence-corrected chi connectivity index (χ3v) is 2.20. The van der Waals surface area contributed by atoms with Crippen LogP contribution in [0.3, 0.4) is 0 Å². The molecule has 1 fully saturated rings. The highest BCUT2D eigenvalue weighted by atomic mass is 16.4. The molecule has 0 aliphatic carbocycles. The Kier molecular flexibility index (Phi) is 8.15. The van der Waals surface area contributed by atoms with Gasteiger partial charge in [-0.1, -0.05) is 12.8 Å². The minimum atomic E-state index is -1.26. The van der Waals surface area contributed by atoms with E-state index in [9.17, 15) is 9.59 Å². The highest BCUT2D eigenvalue weighted by molar-refractivity contribution is 5.89. The van der Waals surface area contributed by atoms with Crippen LogP contribution in [0, 0.1) is 0 Å². The van der Waals surface area contributed by atoms with Crippen molar-refractivity contribution in [2.45, 2.75) is 25.7 Å². The summed E-state index contributed by atoms with van der Waals surface area (Å²) in [5.41, 5.74) is 0. The van der Waals surface area contributed by atoms with E-state index >= 15 is 0 Å². The maximum atomic E-state index is 9.55. The van der Waals surface area contributed by atoms with Crippen molar-refractivity contribution in [3.63, 3.8) is 0 Å². The first kappa shape index (κ1) is 14.6. The fourth-order valence-electron chi connectivity index (χ4n) is 1.37. The van der Waals surface area contributed by atoms with Gasteiger partial charge in [-0.05, 0) is 33.0 Å². The third-order valence-electron chi connectivity index (χ3n) is 2.20. The molecular formula is C11H19NO4. The maximum absolute atomic E-state index is 9.55. The average molecular weight is 229 g/mol. The molecule has 1 aliphatic heterocycles. The summed E-state index contributed by atoms with van der Waals surface area (Å²) in [5, 5.41) is 15.6. The predicted molar refractivity (Wildman–Crippen MR) is 60.4 cm³/mol. The van der Waals surface area contributed by atoms with Crippen molar-refractivity contribution >= 4 is 11.9 Å². The number of nitrogens with zero attached hydrogens (tertiary/aromatic N) is 1. The Bertz CT molecular complexity index is 226. The second kappa shape index (κ2) is 8.91. The number of carboxylic acid groups (broad SMARTS) is 2. The number of carbonyl (C=O) groups is 2. The van der Waals surface area contributed by atoms with Crippen LogP contribution in [-0.2, 0) is 9.59 Å². The van der Waals surface area contributed by atoms with Crippen LogP contribution in [0.1, 0.15) is 25.7 Å². The molecule has 0 radical (unpaired) electrons. The summed E-state index contributed by atoms with van der Waals surface area (Å²) in [6.45, 7) is 2.64. The Morgan fingerprint density at radius 1 is 0.938 bits per heavy atom. The van der Waals surface area contributed by atoms with E-state index in [4.69, 9.17) is 10.2 Å². The second-order valence-electron chi connectivity index (χ2n) is 3.73. The third kappa shape index (κ3) is 10.7. The summed E-state index contributed by atoms with van der Waals surface area (Å²) < 4.78 is 0. The largest absolute Gasteiger partial charge is 0.478 e. The van der Waals surface area contributed by atoms with E-state index in [1.165, 1.54) is 38.8 Å². The molecule has 5 nitrogen and oxygen atoms in total. The van der Waals surface area contributed by atoms with Gasteiger partial charge in [0.2, 0.25) is 0 Å². The van der Waals surface area contributed by atoms with Gasteiger partial charge in [0.15, 0.2) is 0 Å². The molecule has 0 amide bonds. The lowest BCUT2D eigenvalue weighted by Gasteiger charge is -2.10. The molecule has 0 unspecified atom stereocenters. The predicted octanol–water partition coefficient (Wildman–Crippen LogP) is 1.20. The van der Waals surface area contributed by atoms with Gasteiger partial charge < -0.3 is 15.1 Å². The van der Waals surface area contributed by atoms with E-state index in [2.05, 4.69) is 11.9 Å². The highest BCUT2D eigenvalue weighted by Gasteiger charge is 2.01. The van der Waals surface area contributed by atoms with Crippen molar-refractivity contribution in [3.8, 4) is 0 Å². The van der Waals surface area contributed by atoms with Crippen LogP contribution >= 0.6 is 0 Å². The van der Waals surface area contributed by atoms with Crippen molar-refractivity contribution in [1.29, 1.82) is 0 Å². The molecule has 0 aromatic rings. The molecule has 0 spiro atoms. The summed E-state index contributed by atoms with van der Waals surface area (Å²) in [4.78, 5) is 21.5. The van der Waals surface area contributed by atoms with Gasteiger partial charge in [-0.25, -0.2) is 9.59 Å². The summed E-state index contributed by atoms with van der Waals surface area (Å²) in [6, 6.07) is 0. The normalized spacial score (nSPS) is 17.3. The van der Waals surface area contributed by atoms with Crippen LogP contribution < -0.4 is 0 Å². The van der Waals surface area contributed by atoms with Gasteiger partial charge in [0.05, 0.1) is 0 Å². The first-order chi connectivity index (χ1) is 7.52. The number of hydrogen-bond acceptors (Lipinski definition) is 3. The molecule has 2 N–H and O–H groups in total. The van der Waals surface area contributed by atoms with Crippen molar-refractivity contribution in [2.75, 3.05) is 20.1 Å². The van der Waals surface area contributed by atoms with E-state index in [-0.39, 0.29) is 0 Å². The van der Waals surface area contributed by atoms with Gasteiger partial charge in [0, 0.05) is 12.2 Å². The molecule has 5 heteroatoms. The minimum absolute atomic E-state index is 0.558. The Morgan fingerprint density at radius 3 is 1.62 bits per heavy atom. The Hall–Kier alpha value is -1.36. The van der Waals surface area contributed by atoms with Crippen molar-refractivity contribution in [1.82, 2.24) is 4.90 Å². The first-order valence-corrected chi connectivity index (χ1v) is 5.35. The van der Waals surface area contributed by atoms with E-state index in [1.807, 2.05) is 0 Å². The summed E-state index contributed by atoms with van der Waals surface area (Å²) in [6.07, 6.45) is 6.84. The summed E-state index contributed by atoms with van der Waals surface area (Å²) >= 11 is 0. The fourth-order valence-corrected chi connectivity index (χ4v) is 1.37. The molecule has 0 aromatic heterocycles. The fraction of sp³-hybridized carbons (Fsp3) is 0.636. The quantitative estimate of drug-likeness (QED) is 0.696. The molecule has 0 saturated carbocycles. The Labute approximate surface area is 95.4 Å². The van der Waals surface area contributed by atoms with Crippen LogP contribution in [0.2, 0.25) is 0 Å². The average Bonchev–Trinajstić information content (AvgIpc) is 2.44. The highest BCUT2D eigenvalue weighted by Crippen LogP contribution is 2.06. The summed E-state index contributed by atoms with van der Waals surface area (Å²) in [5.74, 6) is -2.51. The van der Waals surface area contributed by atoms with E-state index in [0.717, 1.165) is 0 Å². The van der Waals surface area contributed by atoms with E-state index in [1.54, 1.807) is 0 Å². The monoisotopic (exact) mass is 229 g/mol. The van der Waals surface area contributed by atoms with Gasteiger partial charge in [-0.2, -0.15) is 0 Å². The zero-order valence-corrected chi connectivity index (χ0v) is 9.56. The molecular weight excluding hydrogens is 210 g/mol. The minimum Gasteiger partial charge on any atom is -0.478 e. The lowest BCUT2D eigenvalue weighted by molar-refractivity contribution is -0.134.